The van der Waals surface area contributed by atoms with Crippen LogP contribution < -0.4 is 0 Å². The van der Waals surface area contributed by atoms with Crippen molar-refractivity contribution in [2.75, 3.05) is 26.9 Å². The van der Waals surface area contributed by atoms with Crippen molar-refractivity contribution in [2.24, 2.45) is 5.11 Å². The molecule has 0 aromatic carbocycles. The van der Waals surface area contributed by atoms with E-state index in [1.165, 1.54) is 20.0 Å². The monoisotopic (exact) mass is 329 g/mol. The zero-order valence-corrected chi connectivity index (χ0v) is 13.5. The Morgan fingerprint density at radius 3 is 2.26 bits per heavy atom. The molecule has 1 saturated heterocycles. The van der Waals surface area contributed by atoms with Crippen molar-refractivity contribution in [2.45, 2.75) is 71.0 Å². The van der Waals surface area contributed by atoms with Crippen LogP contribution >= 0.6 is 0 Å². The average molecular weight is 329 g/mol. The van der Waals surface area contributed by atoms with Crippen molar-refractivity contribution in [3.05, 3.63) is 10.4 Å². The molecule has 0 N–H and O–H groups in total. The standard InChI is InChI=1S/C15H27N3O4.CH4/c1-20-14(19)13-15(21-11-12-22-15)9-7-5-3-2-4-6-8-10-17-18-16;/h2-13H2,1H3;1H4. The largest absolute Gasteiger partial charge is 0.469 e. The van der Waals surface area contributed by atoms with Crippen molar-refractivity contribution in [1.82, 2.24) is 0 Å². The Morgan fingerprint density at radius 2 is 1.70 bits per heavy atom. The quantitative estimate of drug-likeness (QED) is 0.175. The molecule has 1 heterocycles. The zero-order chi connectivity index (χ0) is 16.1. The van der Waals surface area contributed by atoms with Gasteiger partial charge in [0.05, 0.1) is 26.7 Å². The third kappa shape index (κ3) is 9.43. The molecule has 1 aliphatic heterocycles. The number of carbonyl (C=O) groups is 1. The van der Waals surface area contributed by atoms with Gasteiger partial charge in [-0.3, -0.25) is 4.79 Å². The van der Waals surface area contributed by atoms with Crippen LogP contribution in [-0.4, -0.2) is 38.6 Å². The molecule has 23 heavy (non-hydrogen) atoms. The molecule has 0 atom stereocenters. The number of ether oxygens (including phenoxy) is 3. The molecule has 0 saturated carbocycles. The first-order valence-corrected chi connectivity index (χ1v) is 8.08. The van der Waals surface area contributed by atoms with E-state index in [2.05, 4.69) is 10.0 Å². The Hall–Kier alpha value is -1.30. The lowest BCUT2D eigenvalue weighted by molar-refractivity contribution is -0.184. The molecule has 1 rings (SSSR count). The minimum absolute atomic E-state index is 0. The fourth-order valence-electron chi connectivity index (χ4n) is 2.63. The van der Waals surface area contributed by atoms with Crippen LogP contribution in [-0.2, 0) is 19.0 Å². The van der Waals surface area contributed by atoms with E-state index in [4.69, 9.17) is 19.7 Å². The molecule has 0 radical (unpaired) electrons. The molecule has 0 unspecified atom stereocenters. The highest BCUT2D eigenvalue weighted by molar-refractivity contribution is 5.70. The Kier molecular flexibility index (Phi) is 12.4. The summed E-state index contributed by atoms with van der Waals surface area (Å²) < 4.78 is 16.0. The zero-order valence-electron chi connectivity index (χ0n) is 13.5. The maximum absolute atomic E-state index is 11.4. The topological polar surface area (TPSA) is 93.5 Å². The SMILES string of the molecule is C.COC(=O)CC1(CCCCCCCCCN=[N+]=[N-])OCCO1. The van der Waals surface area contributed by atoms with Crippen molar-refractivity contribution in [3.63, 3.8) is 0 Å². The number of nitrogens with zero attached hydrogens (tertiary/aromatic N) is 3. The summed E-state index contributed by atoms with van der Waals surface area (Å²) in [5.41, 5.74) is 8.16. The Bertz CT molecular complexity index is 364. The van der Waals surface area contributed by atoms with Gasteiger partial charge in [0.1, 0.15) is 0 Å². The van der Waals surface area contributed by atoms with E-state index in [9.17, 15) is 4.79 Å². The van der Waals surface area contributed by atoms with Crippen LogP contribution in [0.2, 0.25) is 0 Å². The number of azide groups is 1. The third-order valence-electron chi connectivity index (χ3n) is 3.83. The number of carbonyl (C=O) groups excluding carboxylic acids is 1. The van der Waals surface area contributed by atoms with E-state index in [0.29, 0.717) is 19.8 Å². The van der Waals surface area contributed by atoms with Gasteiger partial charge in [0, 0.05) is 17.9 Å². The van der Waals surface area contributed by atoms with Crippen molar-refractivity contribution >= 4 is 5.97 Å². The van der Waals surface area contributed by atoms with Crippen molar-refractivity contribution < 1.29 is 19.0 Å². The lowest BCUT2D eigenvalue weighted by Crippen LogP contribution is -2.33. The number of unbranched alkanes of at least 4 members (excludes halogenated alkanes) is 6. The Morgan fingerprint density at radius 1 is 1.13 bits per heavy atom. The van der Waals surface area contributed by atoms with Crippen molar-refractivity contribution in [3.8, 4) is 0 Å². The summed E-state index contributed by atoms with van der Waals surface area (Å²) in [6.45, 7) is 1.69. The number of hydrogen-bond acceptors (Lipinski definition) is 5. The lowest BCUT2D eigenvalue weighted by atomic mass is 10.0. The van der Waals surface area contributed by atoms with Gasteiger partial charge < -0.3 is 14.2 Å². The van der Waals surface area contributed by atoms with Gasteiger partial charge in [-0.05, 0) is 18.4 Å². The highest BCUT2D eigenvalue weighted by Gasteiger charge is 2.38. The van der Waals surface area contributed by atoms with Crippen LogP contribution in [0.1, 0.15) is 65.2 Å². The van der Waals surface area contributed by atoms with Gasteiger partial charge in [0.2, 0.25) is 0 Å². The second-order valence-electron chi connectivity index (χ2n) is 5.54. The maximum Gasteiger partial charge on any atom is 0.310 e. The van der Waals surface area contributed by atoms with Gasteiger partial charge in [-0.25, -0.2) is 0 Å². The van der Waals surface area contributed by atoms with E-state index < -0.39 is 5.79 Å². The summed E-state index contributed by atoms with van der Waals surface area (Å²) in [6.07, 6.45) is 8.58. The average Bonchev–Trinajstić information content (AvgIpc) is 2.97. The number of methoxy groups -OCH3 is 1. The van der Waals surface area contributed by atoms with E-state index in [1.807, 2.05) is 0 Å². The minimum atomic E-state index is -0.762. The molecule has 1 aliphatic rings. The number of hydrogen-bond donors (Lipinski definition) is 0. The molecular formula is C16H31N3O4. The molecule has 0 aliphatic carbocycles. The van der Waals surface area contributed by atoms with E-state index in [0.717, 1.165) is 38.5 Å². The Balaban J connectivity index is 0.00000484. The summed E-state index contributed by atoms with van der Waals surface area (Å²) in [7, 11) is 1.38. The molecular weight excluding hydrogens is 298 g/mol. The molecule has 0 spiro atoms. The van der Waals surface area contributed by atoms with E-state index in [1.54, 1.807) is 0 Å². The molecule has 7 heteroatoms. The highest BCUT2D eigenvalue weighted by Crippen LogP contribution is 2.30. The van der Waals surface area contributed by atoms with Gasteiger partial charge in [-0.15, -0.1) is 0 Å². The summed E-state index contributed by atoms with van der Waals surface area (Å²) in [6, 6.07) is 0. The Labute approximate surface area is 139 Å². The van der Waals surface area contributed by atoms with E-state index in [-0.39, 0.29) is 19.8 Å². The predicted molar refractivity (Wildman–Crippen MR) is 88.9 cm³/mol. The van der Waals surface area contributed by atoms with Gasteiger partial charge in [-0.1, -0.05) is 44.6 Å². The van der Waals surface area contributed by atoms with Gasteiger partial charge >= 0.3 is 5.97 Å². The second-order valence-corrected chi connectivity index (χ2v) is 5.54. The van der Waals surface area contributed by atoms with Crippen LogP contribution in [0.3, 0.4) is 0 Å². The molecule has 7 nitrogen and oxygen atoms in total. The lowest BCUT2D eigenvalue weighted by Gasteiger charge is -2.26. The molecule has 0 aromatic rings. The normalized spacial score (nSPS) is 15.5. The summed E-state index contributed by atoms with van der Waals surface area (Å²) in [4.78, 5) is 14.2. The summed E-state index contributed by atoms with van der Waals surface area (Å²) in [5, 5.41) is 3.52. The maximum atomic E-state index is 11.4. The van der Waals surface area contributed by atoms with Gasteiger partial charge in [0.25, 0.3) is 0 Å². The smallest absolute Gasteiger partial charge is 0.310 e. The van der Waals surface area contributed by atoms with Crippen LogP contribution in [0.5, 0.6) is 0 Å². The van der Waals surface area contributed by atoms with Gasteiger partial charge in [-0.2, -0.15) is 0 Å². The molecule has 134 valence electrons. The fraction of sp³-hybridized carbons (Fsp3) is 0.938. The summed E-state index contributed by atoms with van der Waals surface area (Å²) in [5.74, 6) is -1.05. The predicted octanol–water partition coefficient (Wildman–Crippen LogP) is 4.36. The number of esters is 1. The molecule has 0 bridgehead atoms. The van der Waals surface area contributed by atoms with Crippen LogP contribution in [0, 0.1) is 0 Å². The van der Waals surface area contributed by atoms with Crippen molar-refractivity contribution in [1.29, 1.82) is 0 Å². The molecule has 1 fully saturated rings. The molecule has 0 aromatic heterocycles. The second kappa shape index (κ2) is 13.2. The minimum Gasteiger partial charge on any atom is -0.469 e. The first-order chi connectivity index (χ1) is 10.7. The summed E-state index contributed by atoms with van der Waals surface area (Å²) >= 11 is 0. The molecule has 0 amide bonds. The first-order valence-electron chi connectivity index (χ1n) is 8.08. The van der Waals surface area contributed by atoms with Crippen LogP contribution in [0.25, 0.3) is 10.4 Å². The highest BCUT2D eigenvalue weighted by atomic mass is 16.7. The third-order valence-corrected chi connectivity index (χ3v) is 3.83. The van der Waals surface area contributed by atoms with Crippen LogP contribution in [0.15, 0.2) is 5.11 Å². The fourth-order valence-corrected chi connectivity index (χ4v) is 2.63. The van der Waals surface area contributed by atoms with E-state index >= 15 is 0 Å². The number of rotatable bonds is 12. The first kappa shape index (κ1) is 21.7. The van der Waals surface area contributed by atoms with Gasteiger partial charge in [0.15, 0.2) is 5.79 Å². The van der Waals surface area contributed by atoms with Crippen LogP contribution in [0.4, 0.5) is 0 Å².